The molecule has 0 fully saturated rings. The molecule has 0 aliphatic heterocycles. The monoisotopic (exact) mass is 540 g/mol. The van der Waals surface area contributed by atoms with E-state index < -0.39 is 0 Å². The van der Waals surface area contributed by atoms with Crippen molar-refractivity contribution in [3.8, 4) is 22.6 Å². The number of hydrogen-bond donors (Lipinski definition) is 4. The van der Waals surface area contributed by atoms with Crippen molar-refractivity contribution in [3.63, 3.8) is 0 Å². The molecule has 0 aliphatic carbocycles. The molecule has 5 N–H and O–H groups in total. The zero-order chi connectivity index (χ0) is 28.3. The highest BCUT2D eigenvalue weighted by Gasteiger charge is 2.16. The smallest absolute Gasteiger partial charge is 0.228 e. The van der Waals surface area contributed by atoms with E-state index in [0.29, 0.717) is 47.7 Å². The fraction of sp³-hybridized carbons (Fsp3) is 0.355. The highest BCUT2D eigenvalue weighted by Crippen LogP contribution is 2.32. The summed E-state index contributed by atoms with van der Waals surface area (Å²) >= 11 is 0. The number of aromatic nitrogens is 4. The van der Waals surface area contributed by atoms with Crippen molar-refractivity contribution < 1.29 is 4.42 Å². The van der Waals surface area contributed by atoms with Gasteiger partial charge in [-0.3, -0.25) is 0 Å². The summed E-state index contributed by atoms with van der Waals surface area (Å²) in [7, 11) is 0. The maximum absolute atomic E-state index is 6.41. The van der Waals surface area contributed by atoms with Crippen molar-refractivity contribution in [2.75, 3.05) is 23.7 Å². The average molecular weight is 541 g/mol. The van der Waals surface area contributed by atoms with Gasteiger partial charge in [0.15, 0.2) is 11.6 Å². The zero-order valence-corrected chi connectivity index (χ0v) is 23.8. The highest BCUT2D eigenvalue weighted by molar-refractivity contribution is 5.76. The quantitative estimate of drug-likeness (QED) is 0.149. The molecule has 4 rings (SSSR count). The third-order valence-electron chi connectivity index (χ3n) is 6.17. The van der Waals surface area contributed by atoms with Gasteiger partial charge in [0.05, 0.1) is 12.2 Å². The Morgan fingerprint density at radius 1 is 0.775 bits per heavy atom. The molecule has 2 aromatic carbocycles. The fourth-order valence-corrected chi connectivity index (χ4v) is 3.94. The molecule has 0 amide bonds. The molecule has 0 saturated carbocycles. The van der Waals surface area contributed by atoms with Crippen LogP contribution in [0.3, 0.4) is 0 Å². The Balaban J connectivity index is 1.51. The lowest BCUT2D eigenvalue weighted by Gasteiger charge is -2.12. The molecule has 0 saturated heterocycles. The second-order valence-electron chi connectivity index (χ2n) is 10.5. The Labute approximate surface area is 236 Å². The van der Waals surface area contributed by atoms with Gasteiger partial charge in [-0.25, -0.2) is 4.98 Å². The molecule has 0 atom stereocenters. The number of benzene rings is 2. The fourth-order valence-electron chi connectivity index (χ4n) is 3.94. The molecular weight excluding hydrogens is 500 g/mol. The first-order chi connectivity index (χ1) is 19.4. The molecule has 2 aromatic heterocycles. The SMILES string of the molecule is CC(C)CCNc1nc(NCCC(C)C)nc(/C(N)=C/NCc2nc(-c3ccccc3)c(-c3ccccc3)o2)n1. The lowest BCUT2D eigenvalue weighted by molar-refractivity contribution is 0.495. The molecule has 9 nitrogen and oxygen atoms in total. The van der Waals surface area contributed by atoms with Crippen LogP contribution in [0.1, 0.15) is 52.3 Å². The van der Waals surface area contributed by atoms with Crippen LogP contribution in [0.5, 0.6) is 0 Å². The Morgan fingerprint density at radius 2 is 1.32 bits per heavy atom. The Kier molecular flexibility index (Phi) is 10.1. The largest absolute Gasteiger partial charge is 0.438 e. The lowest BCUT2D eigenvalue weighted by atomic mass is 10.1. The van der Waals surface area contributed by atoms with Gasteiger partial charge in [-0.15, -0.1) is 0 Å². The number of nitrogens with one attached hydrogen (secondary N) is 3. The first kappa shape index (κ1) is 28.6. The molecule has 0 unspecified atom stereocenters. The summed E-state index contributed by atoms with van der Waals surface area (Å²) in [6.07, 6.45) is 3.70. The summed E-state index contributed by atoms with van der Waals surface area (Å²) in [5.74, 6) is 3.82. The van der Waals surface area contributed by atoms with E-state index in [4.69, 9.17) is 15.1 Å². The normalized spacial score (nSPS) is 11.7. The van der Waals surface area contributed by atoms with Crippen LogP contribution >= 0.6 is 0 Å². The molecule has 4 aromatic rings. The van der Waals surface area contributed by atoms with Crippen LogP contribution in [0.4, 0.5) is 11.9 Å². The summed E-state index contributed by atoms with van der Waals surface area (Å²) in [6.45, 7) is 10.6. The minimum Gasteiger partial charge on any atom is -0.438 e. The Bertz CT molecular complexity index is 1280. The van der Waals surface area contributed by atoms with Gasteiger partial charge in [0.1, 0.15) is 5.69 Å². The number of hydrogen-bond acceptors (Lipinski definition) is 9. The predicted molar refractivity (Wildman–Crippen MR) is 162 cm³/mol. The van der Waals surface area contributed by atoms with Gasteiger partial charge in [0.25, 0.3) is 0 Å². The van der Waals surface area contributed by atoms with Gasteiger partial charge >= 0.3 is 0 Å². The minimum absolute atomic E-state index is 0.345. The van der Waals surface area contributed by atoms with Crippen molar-refractivity contribution in [1.82, 2.24) is 25.3 Å². The third kappa shape index (κ3) is 8.30. The molecule has 0 spiro atoms. The maximum Gasteiger partial charge on any atom is 0.228 e. The second kappa shape index (κ2) is 14.1. The number of rotatable bonds is 14. The molecular formula is C31H40N8O. The van der Waals surface area contributed by atoms with Crippen LogP contribution in [-0.4, -0.2) is 33.0 Å². The van der Waals surface area contributed by atoms with E-state index in [9.17, 15) is 0 Å². The summed E-state index contributed by atoms with van der Waals surface area (Å²) in [5.41, 5.74) is 9.55. The van der Waals surface area contributed by atoms with E-state index in [1.54, 1.807) is 6.20 Å². The zero-order valence-electron chi connectivity index (χ0n) is 23.8. The van der Waals surface area contributed by atoms with Crippen LogP contribution < -0.4 is 21.7 Å². The van der Waals surface area contributed by atoms with Gasteiger partial charge in [-0.2, -0.15) is 15.0 Å². The molecule has 0 bridgehead atoms. The maximum atomic E-state index is 6.41. The van der Waals surface area contributed by atoms with Crippen molar-refractivity contribution in [3.05, 3.63) is 78.6 Å². The number of nitrogens with zero attached hydrogens (tertiary/aromatic N) is 4. The highest BCUT2D eigenvalue weighted by atomic mass is 16.4. The number of nitrogens with two attached hydrogens (primary N) is 1. The molecule has 9 heteroatoms. The van der Waals surface area contributed by atoms with E-state index in [1.165, 1.54) is 0 Å². The van der Waals surface area contributed by atoms with Crippen molar-refractivity contribution in [2.45, 2.75) is 47.1 Å². The topological polar surface area (TPSA) is 127 Å². The number of anilines is 2. The molecule has 2 heterocycles. The summed E-state index contributed by atoms with van der Waals surface area (Å²) in [6, 6.07) is 20.0. The Morgan fingerprint density at radius 3 is 1.88 bits per heavy atom. The summed E-state index contributed by atoms with van der Waals surface area (Å²) in [5, 5.41) is 9.82. The predicted octanol–water partition coefficient (Wildman–Crippen LogP) is 6.16. The molecule has 0 radical (unpaired) electrons. The van der Waals surface area contributed by atoms with E-state index in [0.717, 1.165) is 48.5 Å². The molecule has 210 valence electrons. The summed E-state index contributed by atoms with van der Waals surface area (Å²) < 4.78 is 6.20. The van der Waals surface area contributed by atoms with Crippen LogP contribution in [0, 0.1) is 11.8 Å². The second-order valence-corrected chi connectivity index (χ2v) is 10.5. The molecule has 40 heavy (non-hydrogen) atoms. The Hall–Kier alpha value is -4.40. The van der Waals surface area contributed by atoms with Gasteiger partial charge in [0.2, 0.25) is 17.8 Å². The third-order valence-corrected chi connectivity index (χ3v) is 6.17. The number of oxazole rings is 1. The average Bonchev–Trinajstić information content (AvgIpc) is 3.38. The van der Waals surface area contributed by atoms with Gasteiger partial charge in [0, 0.05) is 30.4 Å². The standard InChI is InChI=1S/C31H40N8O/c1-21(2)15-17-34-30-37-29(38-31(39-30)35-18-16-22(3)4)25(32)19-33-20-26-36-27(23-11-7-5-8-12-23)28(40-26)24-13-9-6-10-14-24/h5-14,19,21-22,33H,15-18,20,32H2,1-4H3,(H2,34,35,37,38,39)/b25-19-. The van der Waals surface area contributed by atoms with Crippen molar-refractivity contribution >= 4 is 17.6 Å². The lowest BCUT2D eigenvalue weighted by Crippen LogP contribution is -2.16. The first-order valence-electron chi connectivity index (χ1n) is 13.9. The van der Waals surface area contributed by atoms with Crippen LogP contribution in [0.15, 0.2) is 71.3 Å². The van der Waals surface area contributed by atoms with Gasteiger partial charge in [-0.1, -0.05) is 88.4 Å². The van der Waals surface area contributed by atoms with Gasteiger partial charge < -0.3 is 26.1 Å². The van der Waals surface area contributed by atoms with Crippen molar-refractivity contribution in [2.24, 2.45) is 17.6 Å². The van der Waals surface area contributed by atoms with E-state index in [-0.39, 0.29) is 0 Å². The van der Waals surface area contributed by atoms with Gasteiger partial charge in [-0.05, 0) is 24.7 Å². The summed E-state index contributed by atoms with van der Waals surface area (Å²) in [4.78, 5) is 18.4. The van der Waals surface area contributed by atoms with Crippen LogP contribution in [-0.2, 0) is 6.54 Å². The molecule has 0 aliphatic rings. The van der Waals surface area contributed by atoms with E-state index >= 15 is 0 Å². The van der Waals surface area contributed by atoms with E-state index in [1.807, 2.05) is 60.7 Å². The first-order valence-corrected chi connectivity index (χ1v) is 13.9. The minimum atomic E-state index is 0.345. The van der Waals surface area contributed by atoms with E-state index in [2.05, 4.69) is 58.6 Å². The van der Waals surface area contributed by atoms with Crippen LogP contribution in [0.25, 0.3) is 28.3 Å². The van der Waals surface area contributed by atoms with Crippen molar-refractivity contribution in [1.29, 1.82) is 0 Å². The van der Waals surface area contributed by atoms with Crippen LogP contribution in [0.2, 0.25) is 0 Å².